The first-order valence-corrected chi connectivity index (χ1v) is 6.26. The van der Waals surface area contributed by atoms with Gasteiger partial charge in [0.15, 0.2) is 0 Å². The molecular formula is C12H25N3O. The Morgan fingerprint density at radius 2 is 2.31 bits per heavy atom. The van der Waals surface area contributed by atoms with Gasteiger partial charge < -0.3 is 15.5 Å². The largest absolute Gasteiger partial charge is 0.328 e. The van der Waals surface area contributed by atoms with E-state index in [9.17, 15) is 4.79 Å². The van der Waals surface area contributed by atoms with Gasteiger partial charge in [0.1, 0.15) is 0 Å². The van der Waals surface area contributed by atoms with Crippen LogP contribution in [0.1, 0.15) is 33.1 Å². The molecule has 4 nitrogen and oxygen atoms in total. The maximum absolute atomic E-state index is 12.1. The molecule has 0 aliphatic carbocycles. The van der Waals surface area contributed by atoms with Crippen molar-refractivity contribution >= 4 is 6.03 Å². The van der Waals surface area contributed by atoms with Gasteiger partial charge in [-0.2, -0.15) is 0 Å². The summed E-state index contributed by atoms with van der Waals surface area (Å²) in [5.41, 5.74) is 5.69. The van der Waals surface area contributed by atoms with Gasteiger partial charge >= 0.3 is 6.03 Å². The summed E-state index contributed by atoms with van der Waals surface area (Å²) in [5.74, 6) is 0.638. The van der Waals surface area contributed by atoms with Crippen molar-refractivity contribution in [2.75, 3.05) is 26.7 Å². The van der Waals surface area contributed by atoms with Crippen molar-refractivity contribution in [3.63, 3.8) is 0 Å². The van der Waals surface area contributed by atoms with Crippen LogP contribution in [-0.2, 0) is 0 Å². The van der Waals surface area contributed by atoms with Gasteiger partial charge in [0.25, 0.3) is 0 Å². The summed E-state index contributed by atoms with van der Waals surface area (Å²) in [6.07, 6.45) is 3.24. The van der Waals surface area contributed by atoms with Crippen molar-refractivity contribution < 1.29 is 4.79 Å². The molecule has 0 bridgehead atoms. The number of nitrogens with zero attached hydrogens (tertiary/aromatic N) is 2. The predicted molar refractivity (Wildman–Crippen MR) is 66.3 cm³/mol. The first kappa shape index (κ1) is 13.3. The van der Waals surface area contributed by atoms with Crippen molar-refractivity contribution in [2.45, 2.75) is 39.2 Å². The molecule has 94 valence electrons. The van der Waals surface area contributed by atoms with Crippen LogP contribution in [0.2, 0.25) is 0 Å². The topological polar surface area (TPSA) is 49.6 Å². The van der Waals surface area contributed by atoms with Gasteiger partial charge in [0.2, 0.25) is 0 Å². The van der Waals surface area contributed by atoms with Gasteiger partial charge in [-0.25, -0.2) is 4.79 Å². The molecule has 1 fully saturated rings. The zero-order valence-electron chi connectivity index (χ0n) is 10.8. The molecule has 2 N–H and O–H groups in total. The lowest BCUT2D eigenvalue weighted by atomic mass is 10.0. The summed E-state index contributed by atoms with van der Waals surface area (Å²) in [4.78, 5) is 15.8. The van der Waals surface area contributed by atoms with E-state index in [1.807, 2.05) is 18.9 Å². The predicted octanol–water partition coefficient (Wildman–Crippen LogP) is 1.51. The van der Waals surface area contributed by atoms with Gasteiger partial charge in [-0.3, -0.25) is 0 Å². The van der Waals surface area contributed by atoms with Crippen LogP contribution in [0, 0.1) is 5.92 Å². The molecule has 1 aliphatic heterocycles. The Hall–Kier alpha value is -0.770. The second-order valence-electron chi connectivity index (χ2n) is 5.16. The van der Waals surface area contributed by atoms with Gasteiger partial charge in [-0.05, 0) is 32.1 Å². The summed E-state index contributed by atoms with van der Waals surface area (Å²) in [7, 11) is 1.87. The molecule has 0 spiro atoms. The molecule has 2 atom stereocenters. The van der Waals surface area contributed by atoms with Crippen molar-refractivity contribution in [3.8, 4) is 0 Å². The van der Waals surface area contributed by atoms with Crippen molar-refractivity contribution in [1.29, 1.82) is 0 Å². The average Bonchev–Trinajstić information content (AvgIpc) is 2.24. The number of hydrogen-bond donors (Lipinski definition) is 1. The van der Waals surface area contributed by atoms with Crippen LogP contribution < -0.4 is 5.73 Å². The fourth-order valence-electron chi connectivity index (χ4n) is 2.10. The van der Waals surface area contributed by atoms with E-state index in [1.54, 1.807) is 4.90 Å². The zero-order chi connectivity index (χ0) is 12.1. The molecule has 1 saturated heterocycles. The number of piperidine rings is 1. The fraction of sp³-hybridized carbons (Fsp3) is 0.917. The first-order valence-electron chi connectivity index (χ1n) is 6.26. The summed E-state index contributed by atoms with van der Waals surface area (Å²) < 4.78 is 0. The third kappa shape index (κ3) is 4.00. The standard InChI is InChI=1S/C12H25N3O/c1-10-5-4-7-15(9-10)12(16)14(3)8-6-11(2)13/h10-11H,4-9,13H2,1-3H3. The zero-order valence-corrected chi connectivity index (χ0v) is 10.8. The Kier molecular flexibility index (Phi) is 5.06. The van der Waals surface area contributed by atoms with Crippen molar-refractivity contribution in [2.24, 2.45) is 11.7 Å². The summed E-state index contributed by atoms with van der Waals surface area (Å²) >= 11 is 0. The number of amides is 2. The second kappa shape index (κ2) is 6.09. The smallest absolute Gasteiger partial charge is 0.319 e. The molecule has 1 heterocycles. The van der Waals surface area contributed by atoms with Crippen LogP contribution in [0.5, 0.6) is 0 Å². The Morgan fingerprint density at radius 1 is 1.62 bits per heavy atom. The van der Waals surface area contributed by atoms with E-state index in [2.05, 4.69) is 6.92 Å². The SMILES string of the molecule is CC(N)CCN(C)C(=O)N1CCCC(C)C1. The molecular weight excluding hydrogens is 202 g/mol. The second-order valence-corrected chi connectivity index (χ2v) is 5.16. The quantitative estimate of drug-likeness (QED) is 0.794. The molecule has 2 unspecified atom stereocenters. The number of carbonyl (C=O) groups excluding carboxylic acids is 1. The van der Waals surface area contributed by atoms with E-state index >= 15 is 0 Å². The summed E-state index contributed by atoms with van der Waals surface area (Å²) in [5, 5.41) is 0. The molecule has 2 amide bonds. The number of likely N-dealkylation sites (tertiary alicyclic amines) is 1. The number of hydrogen-bond acceptors (Lipinski definition) is 2. The van der Waals surface area contributed by atoms with E-state index in [4.69, 9.17) is 5.73 Å². The first-order chi connectivity index (χ1) is 7.50. The molecule has 16 heavy (non-hydrogen) atoms. The minimum Gasteiger partial charge on any atom is -0.328 e. The molecule has 1 aliphatic rings. The van der Waals surface area contributed by atoms with E-state index < -0.39 is 0 Å². The van der Waals surface area contributed by atoms with Crippen molar-refractivity contribution in [3.05, 3.63) is 0 Å². The van der Waals surface area contributed by atoms with E-state index in [0.29, 0.717) is 5.92 Å². The lowest BCUT2D eigenvalue weighted by Crippen LogP contribution is -2.46. The highest BCUT2D eigenvalue weighted by molar-refractivity contribution is 5.74. The summed E-state index contributed by atoms with van der Waals surface area (Å²) in [6, 6.07) is 0.322. The van der Waals surface area contributed by atoms with E-state index in [0.717, 1.165) is 32.5 Å². The van der Waals surface area contributed by atoms with Gasteiger partial charge in [0, 0.05) is 32.7 Å². The maximum atomic E-state index is 12.1. The fourth-order valence-corrected chi connectivity index (χ4v) is 2.10. The molecule has 1 rings (SSSR count). The normalized spacial score (nSPS) is 23.0. The number of urea groups is 1. The highest BCUT2D eigenvalue weighted by Crippen LogP contribution is 2.16. The Bertz CT molecular complexity index is 230. The Morgan fingerprint density at radius 3 is 2.88 bits per heavy atom. The molecule has 0 aromatic carbocycles. The number of rotatable bonds is 3. The van der Waals surface area contributed by atoms with Gasteiger partial charge in [-0.15, -0.1) is 0 Å². The third-order valence-electron chi connectivity index (χ3n) is 3.17. The van der Waals surface area contributed by atoms with Crippen LogP contribution >= 0.6 is 0 Å². The van der Waals surface area contributed by atoms with E-state index in [-0.39, 0.29) is 12.1 Å². The molecule has 4 heteroatoms. The Labute approximate surface area is 98.8 Å². The minimum atomic E-state index is 0.159. The minimum absolute atomic E-state index is 0.159. The van der Waals surface area contributed by atoms with Crippen LogP contribution in [0.25, 0.3) is 0 Å². The molecule has 0 radical (unpaired) electrons. The van der Waals surface area contributed by atoms with Gasteiger partial charge in [0.05, 0.1) is 0 Å². The van der Waals surface area contributed by atoms with Gasteiger partial charge in [-0.1, -0.05) is 6.92 Å². The maximum Gasteiger partial charge on any atom is 0.319 e. The van der Waals surface area contributed by atoms with Crippen LogP contribution in [0.15, 0.2) is 0 Å². The molecule has 0 saturated carbocycles. The molecule has 0 aromatic heterocycles. The monoisotopic (exact) mass is 227 g/mol. The van der Waals surface area contributed by atoms with E-state index in [1.165, 1.54) is 6.42 Å². The number of nitrogens with two attached hydrogens (primary N) is 1. The Balaban J connectivity index is 2.37. The van der Waals surface area contributed by atoms with Crippen LogP contribution in [-0.4, -0.2) is 48.6 Å². The highest BCUT2D eigenvalue weighted by atomic mass is 16.2. The van der Waals surface area contributed by atoms with Crippen LogP contribution in [0.4, 0.5) is 4.79 Å². The average molecular weight is 227 g/mol. The highest BCUT2D eigenvalue weighted by Gasteiger charge is 2.23. The number of carbonyl (C=O) groups is 1. The lowest BCUT2D eigenvalue weighted by molar-refractivity contribution is 0.138. The lowest BCUT2D eigenvalue weighted by Gasteiger charge is -2.34. The van der Waals surface area contributed by atoms with Crippen molar-refractivity contribution in [1.82, 2.24) is 9.80 Å². The third-order valence-corrected chi connectivity index (χ3v) is 3.17. The molecule has 0 aromatic rings. The van der Waals surface area contributed by atoms with Crippen LogP contribution in [0.3, 0.4) is 0 Å². The summed E-state index contributed by atoms with van der Waals surface area (Å²) in [6.45, 7) is 6.75.